The zero-order valence-electron chi connectivity index (χ0n) is 3.50. The minimum atomic E-state index is 0.639. The van der Waals surface area contributed by atoms with Crippen LogP contribution in [-0.4, -0.2) is 9.59 Å². The van der Waals surface area contributed by atoms with Crippen molar-refractivity contribution in [1.29, 1.82) is 0 Å². The van der Waals surface area contributed by atoms with Crippen LogP contribution in [0, 0.1) is 7.11 Å². The van der Waals surface area contributed by atoms with Crippen LogP contribution in [0.15, 0.2) is 6.20 Å². The van der Waals surface area contributed by atoms with Crippen LogP contribution in [0.5, 0.6) is 5.06 Å². The summed E-state index contributed by atoms with van der Waals surface area (Å²) in [4.78, 5) is 0. The van der Waals surface area contributed by atoms with Gasteiger partial charge >= 0.3 is 0 Å². The van der Waals surface area contributed by atoms with Crippen molar-refractivity contribution in [2.24, 2.45) is 0 Å². The largest absolute Gasteiger partial charge is 0.478 e. The summed E-state index contributed by atoms with van der Waals surface area (Å²) in [5, 5.41) is 4.14. The first-order valence-electron chi connectivity index (χ1n) is 1.63. The molecule has 0 N–H and O–H groups in total. The van der Waals surface area contributed by atoms with Gasteiger partial charge in [-0.05, 0) is 0 Å². The second-order valence-electron chi connectivity index (χ2n) is 0.881. The molecular weight excluding hydrogens is 112 g/mol. The van der Waals surface area contributed by atoms with Gasteiger partial charge < -0.3 is 4.74 Å². The van der Waals surface area contributed by atoms with Crippen LogP contribution in [0.2, 0.25) is 0 Å². The summed E-state index contributed by atoms with van der Waals surface area (Å²) in [7, 11) is 3.16. The molecule has 1 aromatic rings. The molecular formula is C3H3N2OS. The third kappa shape index (κ3) is 0.866. The quantitative estimate of drug-likeness (QED) is 0.540. The van der Waals surface area contributed by atoms with E-state index in [4.69, 9.17) is 0 Å². The fourth-order valence-corrected chi connectivity index (χ4v) is 0.543. The van der Waals surface area contributed by atoms with E-state index < -0.39 is 0 Å². The minimum absolute atomic E-state index is 0.639. The molecule has 1 radical (unpaired) electrons. The average molecular weight is 115 g/mol. The van der Waals surface area contributed by atoms with Crippen molar-refractivity contribution in [3.05, 3.63) is 13.3 Å². The topological polar surface area (TPSA) is 35.0 Å². The molecule has 4 heteroatoms. The van der Waals surface area contributed by atoms with E-state index in [1.54, 1.807) is 0 Å². The van der Waals surface area contributed by atoms with Gasteiger partial charge in [-0.2, -0.15) is 0 Å². The standard InChI is InChI=1S/C3H3N2OS/c1-6-3-2-4-5-7-3/h2H,1H2. The second-order valence-corrected chi connectivity index (χ2v) is 1.63. The summed E-state index contributed by atoms with van der Waals surface area (Å²) in [6, 6.07) is 0. The molecule has 0 aliphatic carbocycles. The summed E-state index contributed by atoms with van der Waals surface area (Å²) < 4.78 is 8.02. The maximum atomic E-state index is 4.50. The minimum Gasteiger partial charge on any atom is -0.478 e. The second kappa shape index (κ2) is 1.88. The smallest absolute Gasteiger partial charge is 0.214 e. The van der Waals surface area contributed by atoms with Crippen molar-refractivity contribution >= 4 is 11.5 Å². The lowest BCUT2D eigenvalue weighted by atomic mass is 10.9. The Morgan fingerprint density at radius 1 is 1.86 bits per heavy atom. The van der Waals surface area contributed by atoms with Gasteiger partial charge in [0.2, 0.25) is 5.06 Å². The fourth-order valence-electron chi connectivity index (χ4n) is 0.222. The van der Waals surface area contributed by atoms with Crippen LogP contribution in [-0.2, 0) is 0 Å². The van der Waals surface area contributed by atoms with Crippen molar-refractivity contribution in [3.63, 3.8) is 0 Å². The van der Waals surface area contributed by atoms with E-state index in [1.807, 2.05) is 0 Å². The number of nitrogens with zero attached hydrogens (tertiary/aromatic N) is 2. The van der Waals surface area contributed by atoms with Crippen LogP contribution in [0.4, 0.5) is 0 Å². The molecule has 1 heterocycles. The first-order valence-corrected chi connectivity index (χ1v) is 2.40. The highest BCUT2D eigenvalue weighted by molar-refractivity contribution is 7.07. The summed E-state index contributed by atoms with van der Waals surface area (Å²) >= 11 is 1.18. The van der Waals surface area contributed by atoms with Crippen LogP contribution in [0.1, 0.15) is 0 Å². The number of ether oxygens (including phenoxy) is 1. The Kier molecular flexibility index (Phi) is 1.21. The highest BCUT2D eigenvalue weighted by atomic mass is 32.1. The van der Waals surface area contributed by atoms with E-state index in [0.29, 0.717) is 5.06 Å². The molecule has 7 heavy (non-hydrogen) atoms. The zero-order valence-corrected chi connectivity index (χ0v) is 4.31. The van der Waals surface area contributed by atoms with Gasteiger partial charge in [0, 0.05) is 11.5 Å². The molecule has 0 fully saturated rings. The molecule has 0 unspecified atom stereocenters. The number of aromatic nitrogens is 2. The predicted molar refractivity (Wildman–Crippen MR) is 25.9 cm³/mol. The highest BCUT2D eigenvalue weighted by Gasteiger charge is 1.87. The normalized spacial score (nSPS) is 8.71. The number of rotatable bonds is 1. The van der Waals surface area contributed by atoms with E-state index in [1.165, 1.54) is 17.7 Å². The third-order valence-corrected chi connectivity index (χ3v) is 1.06. The lowest BCUT2D eigenvalue weighted by molar-refractivity contribution is 0.485. The molecule has 0 aliphatic heterocycles. The lowest BCUT2D eigenvalue weighted by Gasteiger charge is -1.82. The monoisotopic (exact) mass is 115 g/mol. The molecule has 0 spiro atoms. The molecule has 37 valence electrons. The number of hydrogen-bond acceptors (Lipinski definition) is 4. The van der Waals surface area contributed by atoms with E-state index in [0.717, 1.165) is 0 Å². The molecule has 1 aromatic heterocycles. The molecule has 0 saturated heterocycles. The molecule has 1 rings (SSSR count). The van der Waals surface area contributed by atoms with Gasteiger partial charge in [-0.15, -0.1) is 5.10 Å². The summed E-state index contributed by atoms with van der Waals surface area (Å²) in [6.07, 6.45) is 1.51. The molecule has 0 amide bonds. The number of hydrogen-bond donors (Lipinski definition) is 0. The average Bonchev–Trinajstić information content (AvgIpc) is 2.14. The Bertz CT molecular complexity index is 127. The Hall–Kier alpha value is -0.640. The summed E-state index contributed by atoms with van der Waals surface area (Å²) in [5.74, 6) is 0. The van der Waals surface area contributed by atoms with Gasteiger partial charge in [0.1, 0.15) is 13.3 Å². The van der Waals surface area contributed by atoms with Crippen LogP contribution < -0.4 is 4.74 Å². The van der Waals surface area contributed by atoms with Crippen molar-refractivity contribution in [2.45, 2.75) is 0 Å². The van der Waals surface area contributed by atoms with Crippen LogP contribution >= 0.6 is 11.5 Å². The lowest BCUT2D eigenvalue weighted by Crippen LogP contribution is -1.68. The SMILES string of the molecule is [CH2]Oc1cnns1. The fraction of sp³-hybridized carbons (Fsp3) is 0. The van der Waals surface area contributed by atoms with E-state index in [-0.39, 0.29) is 0 Å². The van der Waals surface area contributed by atoms with E-state index >= 15 is 0 Å². The first kappa shape index (κ1) is 4.52. The van der Waals surface area contributed by atoms with Crippen molar-refractivity contribution in [2.75, 3.05) is 0 Å². The van der Waals surface area contributed by atoms with E-state index in [9.17, 15) is 0 Å². The Morgan fingerprint density at radius 3 is 3.00 bits per heavy atom. The van der Waals surface area contributed by atoms with Crippen molar-refractivity contribution < 1.29 is 4.74 Å². The first-order chi connectivity index (χ1) is 3.43. The molecule has 0 saturated carbocycles. The summed E-state index contributed by atoms with van der Waals surface area (Å²) in [5.41, 5.74) is 0. The van der Waals surface area contributed by atoms with Crippen molar-refractivity contribution in [1.82, 2.24) is 9.59 Å². The molecule has 0 aromatic carbocycles. The van der Waals surface area contributed by atoms with Gasteiger partial charge in [-0.25, -0.2) is 0 Å². The Morgan fingerprint density at radius 2 is 2.71 bits per heavy atom. The molecule has 0 aliphatic rings. The maximum Gasteiger partial charge on any atom is 0.214 e. The highest BCUT2D eigenvalue weighted by Crippen LogP contribution is 2.10. The van der Waals surface area contributed by atoms with Gasteiger partial charge in [-0.3, -0.25) is 0 Å². The third-order valence-electron chi connectivity index (χ3n) is 0.483. The van der Waals surface area contributed by atoms with Gasteiger partial charge in [0.15, 0.2) is 0 Å². The van der Waals surface area contributed by atoms with Gasteiger partial charge in [0.25, 0.3) is 0 Å². The molecule has 3 nitrogen and oxygen atoms in total. The Labute approximate surface area is 45.1 Å². The van der Waals surface area contributed by atoms with Crippen LogP contribution in [0.3, 0.4) is 0 Å². The van der Waals surface area contributed by atoms with Gasteiger partial charge in [-0.1, -0.05) is 4.49 Å². The zero-order chi connectivity index (χ0) is 5.11. The Balaban J connectivity index is 2.76. The summed E-state index contributed by atoms with van der Waals surface area (Å²) in [6.45, 7) is 0. The predicted octanol–water partition coefficient (Wildman–Crippen LogP) is 0.708. The molecule has 0 bridgehead atoms. The van der Waals surface area contributed by atoms with Crippen LogP contribution in [0.25, 0.3) is 0 Å². The molecule has 0 atom stereocenters. The maximum absolute atomic E-state index is 4.50. The van der Waals surface area contributed by atoms with E-state index in [2.05, 4.69) is 21.4 Å². The van der Waals surface area contributed by atoms with Gasteiger partial charge in [0.05, 0.1) is 0 Å². The van der Waals surface area contributed by atoms with Crippen molar-refractivity contribution in [3.8, 4) is 5.06 Å².